The number of primary amides is 1. The standard InChI is InChI=1S/C17H16Cl2N6O4/c18-13-14(19)24(7-22-13)11(5-10(20)26)25-12-9(17(27)28)1-3-21-15(12)23-16(25)8-2-4-29-6-8/h1-4,6,11,16,22H,5,7H2,(H2,20,26)(H,21,23)(H,27,28). The van der Waals surface area contributed by atoms with E-state index in [0.717, 1.165) is 0 Å². The predicted molar refractivity (Wildman–Crippen MR) is 105 cm³/mol. The normalized spacial score (nSPS) is 19.0. The number of pyridine rings is 1. The van der Waals surface area contributed by atoms with Crippen molar-refractivity contribution in [2.24, 2.45) is 5.73 Å². The Kier molecular flexibility index (Phi) is 4.89. The van der Waals surface area contributed by atoms with E-state index in [4.69, 9.17) is 33.4 Å². The minimum Gasteiger partial charge on any atom is -0.478 e. The molecule has 2 aromatic rings. The first-order chi connectivity index (χ1) is 13.9. The van der Waals surface area contributed by atoms with Gasteiger partial charge in [0.25, 0.3) is 0 Å². The zero-order chi connectivity index (χ0) is 20.7. The smallest absolute Gasteiger partial charge is 0.338 e. The van der Waals surface area contributed by atoms with Gasteiger partial charge in [-0.2, -0.15) is 0 Å². The van der Waals surface area contributed by atoms with Gasteiger partial charge in [0.1, 0.15) is 22.6 Å². The molecular formula is C17H16Cl2N6O4. The summed E-state index contributed by atoms with van der Waals surface area (Å²) in [4.78, 5) is 31.4. The largest absolute Gasteiger partial charge is 0.478 e. The second-order valence-electron chi connectivity index (χ2n) is 6.43. The van der Waals surface area contributed by atoms with Gasteiger partial charge in [-0.05, 0) is 12.1 Å². The summed E-state index contributed by atoms with van der Waals surface area (Å²) in [6.07, 6.45) is 2.93. The minimum atomic E-state index is -1.14. The molecule has 0 bridgehead atoms. The lowest BCUT2D eigenvalue weighted by molar-refractivity contribution is -0.119. The number of nitrogens with one attached hydrogen (secondary N) is 2. The number of carbonyl (C=O) groups excluding carboxylic acids is 1. The van der Waals surface area contributed by atoms with Crippen LogP contribution in [0, 0.1) is 0 Å². The second-order valence-corrected chi connectivity index (χ2v) is 7.17. The number of anilines is 2. The third-order valence-corrected chi connectivity index (χ3v) is 5.54. The van der Waals surface area contributed by atoms with Crippen LogP contribution < -0.4 is 21.3 Å². The molecular weight excluding hydrogens is 423 g/mol. The fourth-order valence-corrected chi connectivity index (χ4v) is 3.92. The van der Waals surface area contributed by atoms with Crippen LogP contribution >= 0.6 is 23.2 Å². The molecule has 5 N–H and O–H groups in total. The maximum absolute atomic E-state index is 11.9. The molecule has 2 aromatic heterocycles. The van der Waals surface area contributed by atoms with Crippen molar-refractivity contribution in [3.05, 3.63) is 52.3 Å². The lowest BCUT2D eigenvalue weighted by atomic mass is 10.1. The highest BCUT2D eigenvalue weighted by Crippen LogP contribution is 2.45. The number of aromatic nitrogens is 1. The van der Waals surface area contributed by atoms with Crippen molar-refractivity contribution in [3.8, 4) is 0 Å². The van der Waals surface area contributed by atoms with E-state index >= 15 is 0 Å². The Bertz CT molecular complexity index is 996. The molecule has 0 fully saturated rings. The maximum Gasteiger partial charge on any atom is 0.338 e. The number of carboxylic acids is 1. The van der Waals surface area contributed by atoms with Crippen molar-refractivity contribution in [2.75, 3.05) is 16.9 Å². The van der Waals surface area contributed by atoms with E-state index in [-0.39, 0.29) is 29.0 Å². The molecule has 2 aliphatic rings. The van der Waals surface area contributed by atoms with E-state index in [2.05, 4.69) is 15.6 Å². The SMILES string of the molecule is NC(=O)CC(N1CNC(Cl)=C1Cl)N1c2c(C(=O)O)ccnc2NC1c1ccoc1. The summed E-state index contributed by atoms with van der Waals surface area (Å²) in [5.41, 5.74) is 6.54. The Morgan fingerprint density at radius 1 is 1.41 bits per heavy atom. The molecule has 0 aromatic carbocycles. The minimum absolute atomic E-state index is 0.0151. The van der Waals surface area contributed by atoms with Gasteiger partial charge in [-0.1, -0.05) is 23.2 Å². The number of aromatic carboxylic acids is 1. The highest BCUT2D eigenvalue weighted by molar-refractivity contribution is 6.39. The first-order valence-electron chi connectivity index (χ1n) is 8.52. The molecule has 2 unspecified atom stereocenters. The number of furan rings is 1. The molecule has 0 spiro atoms. The topological polar surface area (TPSA) is 137 Å². The Morgan fingerprint density at radius 3 is 2.79 bits per heavy atom. The molecule has 29 heavy (non-hydrogen) atoms. The van der Waals surface area contributed by atoms with E-state index in [1.54, 1.807) is 15.9 Å². The Balaban J connectivity index is 1.88. The van der Waals surface area contributed by atoms with Crippen molar-refractivity contribution >= 4 is 46.6 Å². The number of amides is 1. The van der Waals surface area contributed by atoms with Gasteiger partial charge < -0.3 is 35.7 Å². The van der Waals surface area contributed by atoms with E-state index in [0.29, 0.717) is 17.1 Å². The lowest BCUT2D eigenvalue weighted by Gasteiger charge is -2.40. The van der Waals surface area contributed by atoms with Crippen molar-refractivity contribution in [3.63, 3.8) is 0 Å². The Hall–Kier alpha value is -3.11. The quantitative estimate of drug-likeness (QED) is 0.498. The van der Waals surface area contributed by atoms with Crippen LogP contribution in [0.1, 0.15) is 28.5 Å². The highest BCUT2D eigenvalue weighted by Gasteiger charge is 2.43. The number of carbonyl (C=O) groups is 2. The molecule has 10 nitrogen and oxygen atoms in total. The highest BCUT2D eigenvalue weighted by atomic mass is 35.5. The molecule has 2 atom stereocenters. The number of nitrogens with zero attached hydrogens (tertiary/aromatic N) is 3. The molecule has 152 valence electrons. The van der Waals surface area contributed by atoms with E-state index in [1.807, 2.05) is 0 Å². The molecule has 0 saturated carbocycles. The molecule has 4 rings (SSSR count). The van der Waals surface area contributed by atoms with Gasteiger partial charge in [0.15, 0.2) is 5.82 Å². The second kappa shape index (κ2) is 7.37. The number of rotatable bonds is 6. The summed E-state index contributed by atoms with van der Waals surface area (Å²) in [6.45, 7) is 0.211. The number of carboxylic acid groups (broad SMARTS) is 1. The van der Waals surface area contributed by atoms with Gasteiger partial charge in [0, 0.05) is 11.8 Å². The van der Waals surface area contributed by atoms with Gasteiger partial charge in [-0.3, -0.25) is 4.79 Å². The fourth-order valence-electron chi connectivity index (χ4n) is 3.52. The molecule has 0 aliphatic carbocycles. The molecule has 2 aliphatic heterocycles. The van der Waals surface area contributed by atoms with Gasteiger partial charge in [-0.15, -0.1) is 0 Å². The van der Waals surface area contributed by atoms with Crippen molar-refractivity contribution in [1.82, 2.24) is 15.2 Å². The van der Waals surface area contributed by atoms with Gasteiger partial charge in [0.2, 0.25) is 5.91 Å². The lowest BCUT2D eigenvalue weighted by Crippen LogP contribution is -2.51. The summed E-state index contributed by atoms with van der Waals surface area (Å²) < 4.78 is 5.20. The van der Waals surface area contributed by atoms with Crippen LogP contribution in [0.15, 0.2) is 45.6 Å². The van der Waals surface area contributed by atoms with Crippen LogP contribution in [0.2, 0.25) is 0 Å². The Morgan fingerprint density at radius 2 is 2.21 bits per heavy atom. The monoisotopic (exact) mass is 438 g/mol. The summed E-state index contributed by atoms with van der Waals surface area (Å²) in [6, 6.07) is 3.12. The maximum atomic E-state index is 11.9. The molecule has 0 radical (unpaired) electrons. The zero-order valence-corrected chi connectivity index (χ0v) is 16.3. The number of fused-ring (bicyclic) bond motifs is 1. The summed E-state index contributed by atoms with van der Waals surface area (Å²) in [5.74, 6) is -1.38. The van der Waals surface area contributed by atoms with Crippen LogP contribution in [0.4, 0.5) is 11.5 Å². The third-order valence-electron chi connectivity index (χ3n) is 4.73. The van der Waals surface area contributed by atoms with Crippen molar-refractivity contribution < 1.29 is 19.1 Å². The summed E-state index contributed by atoms with van der Waals surface area (Å²) >= 11 is 12.4. The number of hydrogen-bond donors (Lipinski definition) is 4. The molecule has 1 amide bonds. The van der Waals surface area contributed by atoms with Gasteiger partial charge in [-0.25, -0.2) is 9.78 Å². The third kappa shape index (κ3) is 3.30. The molecule has 12 heteroatoms. The van der Waals surface area contributed by atoms with Gasteiger partial charge in [0.05, 0.1) is 36.9 Å². The van der Waals surface area contributed by atoms with Crippen LogP contribution in [-0.4, -0.2) is 39.7 Å². The van der Waals surface area contributed by atoms with Crippen molar-refractivity contribution in [2.45, 2.75) is 18.8 Å². The predicted octanol–water partition coefficient (Wildman–Crippen LogP) is 1.97. The average molecular weight is 439 g/mol. The van der Waals surface area contributed by atoms with Crippen LogP contribution in [0.25, 0.3) is 0 Å². The average Bonchev–Trinajstić information content (AvgIpc) is 3.39. The van der Waals surface area contributed by atoms with Crippen LogP contribution in [0.3, 0.4) is 0 Å². The van der Waals surface area contributed by atoms with Crippen LogP contribution in [0.5, 0.6) is 0 Å². The first-order valence-corrected chi connectivity index (χ1v) is 9.27. The van der Waals surface area contributed by atoms with Gasteiger partial charge >= 0.3 is 5.97 Å². The Labute approximate surface area is 174 Å². The zero-order valence-electron chi connectivity index (χ0n) is 14.8. The number of hydrogen-bond acceptors (Lipinski definition) is 8. The fraction of sp³-hybridized carbons (Fsp3) is 0.235. The van der Waals surface area contributed by atoms with E-state index in [1.165, 1.54) is 24.8 Å². The van der Waals surface area contributed by atoms with E-state index < -0.39 is 24.2 Å². The number of halogens is 2. The first kappa shape index (κ1) is 19.2. The molecule has 4 heterocycles. The van der Waals surface area contributed by atoms with Crippen molar-refractivity contribution in [1.29, 1.82) is 0 Å². The van der Waals surface area contributed by atoms with Crippen LogP contribution in [-0.2, 0) is 4.79 Å². The summed E-state index contributed by atoms with van der Waals surface area (Å²) in [7, 11) is 0. The molecule has 0 saturated heterocycles. The number of nitrogens with two attached hydrogens (primary N) is 1. The van der Waals surface area contributed by atoms with E-state index in [9.17, 15) is 14.7 Å². The summed E-state index contributed by atoms with van der Waals surface area (Å²) in [5, 5.41) is 16.2.